The van der Waals surface area contributed by atoms with Crippen molar-refractivity contribution in [3.8, 4) is 5.75 Å². The molecule has 2 rings (SSSR count). The fraction of sp³-hybridized carbons (Fsp3) is 0.556. The number of hydrogen-bond acceptors (Lipinski definition) is 4. The normalized spacial score (nSPS) is 16.4. The maximum atomic E-state index is 12.1. The van der Waals surface area contributed by atoms with Gasteiger partial charge in [-0.3, -0.25) is 4.79 Å². The van der Waals surface area contributed by atoms with E-state index in [2.05, 4.69) is 5.32 Å². The third-order valence-electron chi connectivity index (χ3n) is 4.43. The molecule has 1 heterocycles. The molecule has 0 atom stereocenters. The molecule has 24 heavy (non-hydrogen) atoms. The predicted molar refractivity (Wildman–Crippen MR) is 95.7 cm³/mol. The largest absolute Gasteiger partial charge is 0.494 e. The highest BCUT2D eigenvalue weighted by Gasteiger charge is 2.40. The minimum atomic E-state index is -1.09. The minimum absolute atomic E-state index is 0.215. The molecule has 0 spiro atoms. The van der Waals surface area contributed by atoms with Gasteiger partial charge in [-0.25, -0.2) is 4.79 Å². The average molecular weight is 351 g/mol. The Kier molecular flexibility index (Phi) is 6.54. The Morgan fingerprint density at radius 2 is 1.96 bits per heavy atom. The third kappa shape index (κ3) is 4.90. The number of carbonyl (C=O) groups is 2. The van der Waals surface area contributed by atoms with Gasteiger partial charge < -0.3 is 15.2 Å². The standard InChI is InChI=1S/C18H25NO4S/c1-13-5-6-15(12-14(13)2)23-9-3-4-16(20)19-18(17(21)22)7-10-24-11-8-18/h5-6,12H,3-4,7-11H2,1-2H3,(H,19,20)(H,21,22). The molecule has 0 aliphatic carbocycles. The first-order valence-corrected chi connectivity index (χ1v) is 9.41. The van der Waals surface area contributed by atoms with Crippen molar-refractivity contribution in [2.45, 2.75) is 45.1 Å². The highest BCUT2D eigenvalue weighted by Crippen LogP contribution is 2.27. The lowest BCUT2D eigenvalue weighted by molar-refractivity contribution is -0.148. The zero-order chi connectivity index (χ0) is 17.6. The van der Waals surface area contributed by atoms with Gasteiger partial charge in [-0.1, -0.05) is 6.07 Å². The van der Waals surface area contributed by atoms with Gasteiger partial charge in [-0.05, 0) is 67.9 Å². The first-order valence-electron chi connectivity index (χ1n) is 8.25. The number of thioether (sulfide) groups is 1. The van der Waals surface area contributed by atoms with Crippen LogP contribution >= 0.6 is 11.8 Å². The van der Waals surface area contributed by atoms with Crippen LogP contribution in [0.5, 0.6) is 5.75 Å². The molecule has 1 aromatic carbocycles. The van der Waals surface area contributed by atoms with E-state index in [0.717, 1.165) is 17.3 Å². The number of benzene rings is 1. The zero-order valence-corrected chi connectivity index (χ0v) is 15.1. The van der Waals surface area contributed by atoms with Crippen molar-refractivity contribution in [3.05, 3.63) is 29.3 Å². The van der Waals surface area contributed by atoms with Crippen LogP contribution in [0.2, 0.25) is 0 Å². The van der Waals surface area contributed by atoms with Gasteiger partial charge in [0.2, 0.25) is 5.91 Å². The van der Waals surface area contributed by atoms with Crippen LogP contribution < -0.4 is 10.1 Å². The first kappa shape index (κ1) is 18.6. The smallest absolute Gasteiger partial charge is 0.329 e. The van der Waals surface area contributed by atoms with Crippen LogP contribution in [0.15, 0.2) is 18.2 Å². The Balaban J connectivity index is 1.76. The number of aliphatic carboxylic acids is 1. The Bertz CT molecular complexity index is 597. The minimum Gasteiger partial charge on any atom is -0.494 e. The van der Waals surface area contributed by atoms with Gasteiger partial charge in [-0.2, -0.15) is 11.8 Å². The topological polar surface area (TPSA) is 75.6 Å². The molecule has 0 radical (unpaired) electrons. The van der Waals surface area contributed by atoms with Gasteiger partial charge in [0.15, 0.2) is 0 Å². The van der Waals surface area contributed by atoms with E-state index in [1.165, 1.54) is 11.1 Å². The van der Waals surface area contributed by atoms with Gasteiger partial charge in [0.1, 0.15) is 11.3 Å². The fourth-order valence-electron chi connectivity index (χ4n) is 2.67. The number of carbonyl (C=O) groups excluding carboxylic acids is 1. The Morgan fingerprint density at radius 3 is 2.58 bits per heavy atom. The van der Waals surface area contributed by atoms with E-state index < -0.39 is 11.5 Å². The van der Waals surface area contributed by atoms with E-state index in [9.17, 15) is 14.7 Å². The summed E-state index contributed by atoms with van der Waals surface area (Å²) >= 11 is 1.73. The molecule has 1 aromatic rings. The maximum absolute atomic E-state index is 12.1. The fourth-order valence-corrected chi connectivity index (χ4v) is 3.86. The van der Waals surface area contributed by atoms with Gasteiger partial charge in [0.05, 0.1) is 6.61 Å². The molecule has 132 valence electrons. The quantitative estimate of drug-likeness (QED) is 0.739. The predicted octanol–water partition coefficient (Wildman–Crippen LogP) is 2.93. The monoisotopic (exact) mass is 351 g/mol. The number of nitrogens with one attached hydrogen (secondary N) is 1. The van der Waals surface area contributed by atoms with Crippen LogP contribution in [0, 0.1) is 13.8 Å². The molecule has 0 unspecified atom stereocenters. The van der Waals surface area contributed by atoms with E-state index in [0.29, 0.717) is 25.9 Å². The van der Waals surface area contributed by atoms with Crippen LogP contribution in [-0.4, -0.2) is 40.6 Å². The van der Waals surface area contributed by atoms with Crippen molar-refractivity contribution >= 4 is 23.6 Å². The number of ether oxygens (including phenoxy) is 1. The van der Waals surface area contributed by atoms with Crippen LogP contribution in [0.4, 0.5) is 0 Å². The van der Waals surface area contributed by atoms with Crippen LogP contribution in [0.25, 0.3) is 0 Å². The molecule has 0 bridgehead atoms. The summed E-state index contributed by atoms with van der Waals surface area (Å²) in [7, 11) is 0. The summed E-state index contributed by atoms with van der Waals surface area (Å²) in [6, 6.07) is 5.91. The number of carboxylic acids is 1. The van der Waals surface area contributed by atoms with Crippen molar-refractivity contribution in [2.75, 3.05) is 18.1 Å². The first-order chi connectivity index (χ1) is 11.4. The molecule has 2 N–H and O–H groups in total. The summed E-state index contributed by atoms with van der Waals surface area (Å²) in [5, 5.41) is 12.2. The van der Waals surface area contributed by atoms with Gasteiger partial charge in [0.25, 0.3) is 0 Å². The van der Waals surface area contributed by atoms with E-state index in [1.54, 1.807) is 11.8 Å². The second-order valence-corrected chi connectivity index (χ2v) is 7.47. The summed E-state index contributed by atoms with van der Waals surface area (Å²) in [6.07, 6.45) is 1.80. The third-order valence-corrected chi connectivity index (χ3v) is 5.42. The number of rotatable bonds is 7. The maximum Gasteiger partial charge on any atom is 0.329 e. The molecule has 5 nitrogen and oxygen atoms in total. The average Bonchev–Trinajstić information content (AvgIpc) is 2.55. The van der Waals surface area contributed by atoms with E-state index in [1.807, 2.05) is 32.0 Å². The second-order valence-electron chi connectivity index (χ2n) is 6.25. The second kappa shape index (κ2) is 8.42. The number of aryl methyl sites for hydroxylation is 2. The molecule has 0 aromatic heterocycles. The lowest BCUT2D eigenvalue weighted by Gasteiger charge is -2.33. The van der Waals surface area contributed by atoms with Crippen molar-refractivity contribution in [1.82, 2.24) is 5.32 Å². The van der Waals surface area contributed by atoms with E-state index >= 15 is 0 Å². The molecule has 0 saturated carbocycles. The van der Waals surface area contributed by atoms with E-state index in [4.69, 9.17) is 4.74 Å². The number of amides is 1. The zero-order valence-electron chi connectivity index (χ0n) is 14.3. The van der Waals surface area contributed by atoms with Crippen molar-refractivity contribution in [3.63, 3.8) is 0 Å². The summed E-state index contributed by atoms with van der Waals surface area (Å²) in [6.45, 7) is 4.51. The Labute approximate surface area is 147 Å². The summed E-state index contributed by atoms with van der Waals surface area (Å²) in [5.74, 6) is 1.19. The van der Waals surface area contributed by atoms with Gasteiger partial charge in [-0.15, -0.1) is 0 Å². The van der Waals surface area contributed by atoms with Gasteiger partial charge in [0, 0.05) is 6.42 Å². The van der Waals surface area contributed by atoms with Crippen LogP contribution in [0.3, 0.4) is 0 Å². The lowest BCUT2D eigenvalue weighted by atomic mass is 9.92. The molecule has 1 aliphatic rings. The molecule has 6 heteroatoms. The SMILES string of the molecule is Cc1ccc(OCCCC(=O)NC2(C(=O)O)CCSCC2)cc1C. The lowest BCUT2D eigenvalue weighted by Crippen LogP contribution is -2.56. The molecule has 1 saturated heterocycles. The summed E-state index contributed by atoms with van der Waals surface area (Å²) < 4.78 is 5.66. The van der Waals surface area contributed by atoms with Crippen molar-refractivity contribution in [2.24, 2.45) is 0 Å². The van der Waals surface area contributed by atoms with Crippen LogP contribution in [0.1, 0.15) is 36.8 Å². The molecule has 1 amide bonds. The van der Waals surface area contributed by atoms with Crippen molar-refractivity contribution in [1.29, 1.82) is 0 Å². The molecular weight excluding hydrogens is 326 g/mol. The molecule has 1 aliphatic heterocycles. The molecular formula is C18H25NO4S. The number of carboxylic acid groups (broad SMARTS) is 1. The summed E-state index contributed by atoms with van der Waals surface area (Å²) in [4.78, 5) is 23.6. The van der Waals surface area contributed by atoms with Crippen LogP contribution in [-0.2, 0) is 9.59 Å². The Hall–Kier alpha value is -1.69. The van der Waals surface area contributed by atoms with E-state index in [-0.39, 0.29) is 12.3 Å². The number of hydrogen-bond donors (Lipinski definition) is 2. The van der Waals surface area contributed by atoms with Gasteiger partial charge >= 0.3 is 5.97 Å². The van der Waals surface area contributed by atoms with Crippen molar-refractivity contribution < 1.29 is 19.4 Å². The highest BCUT2D eigenvalue weighted by atomic mass is 32.2. The molecule has 1 fully saturated rings. The Morgan fingerprint density at radius 1 is 1.25 bits per heavy atom. The highest BCUT2D eigenvalue weighted by molar-refractivity contribution is 7.99. The summed E-state index contributed by atoms with van der Waals surface area (Å²) in [5.41, 5.74) is 1.30.